The van der Waals surface area contributed by atoms with E-state index >= 15 is 0 Å². The minimum atomic E-state index is -0.670. The number of likely N-dealkylation sites (tertiary alicyclic amines) is 1. The van der Waals surface area contributed by atoms with Gasteiger partial charge >= 0.3 is 6.16 Å². The van der Waals surface area contributed by atoms with E-state index in [4.69, 9.17) is 21.1 Å². The summed E-state index contributed by atoms with van der Waals surface area (Å²) in [4.78, 5) is 18.0. The van der Waals surface area contributed by atoms with Crippen LogP contribution in [0.25, 0.3) is 0 Å². The van der Waals surface area contributed by atoms with E-state index in [2.05, 4.69) is 9.88 Å². The van der Waals surface area contributed by atoms with Crippen molar-refractivity contribution < 1.29 is 19.7 Å². The third-order valence-corrected chi connectivity index (χ3v) is 3.81. The van der Waals surface area contributed by atoms with Crippen LogP contribution in [0.3, 0.4) is 0 Å². The largest absolute Gasteiger partial charge is 0.509 e. The lowest BCUT2D eigenvalue weighted by molar-refractivity contribution is -0.0681. The first-order valence-corrected chi connectivity index (χ1v) is 7.10. The van der Waals surface area contributed by atoms with Gasteiger partial charge in [0.25, 0.3) is 0 Å². The number of hydrogen-bond acceptors (Lipinski definition) is 5. The molecule has 1 aliphatic rings. The van der Waals surface area contributed by atoms with Crippen molar-refractivity contribution >= 4 is 30.2 Å². The van der Waals surface area contributed by atoms with Crippen LogP contribution in [0, 0.1) is 0 Å². The molecule has 0 unspecified atom stereocenters. The average molecular weight is 353 g/mol. The van der Waals surface area contributed by atoms with Gasteiger partial charge in [-0.3, -0.25) is 0 Å². The molecule has 2 heterocycles. The number of halogens is 2. The number of aromatic nitrogens is 1. The molecular formula is C14H22Cl2N2O4. The highest BCUT2D eigenvalue weighted by Crippen LogP contribution is 2.36. The number of pyridine rings is 1. The maximum absolute atomic E-state index is 11.7. The lowest BCUT2D eigenvalue weighted by Gasteiger charge is -2.39. The molecule has 0 amide bonds. The average Bonchev–Trinajstić information content (AvgIpc) is 2.43. The molecule has 1 aliphatic heterocycles. The highest BCUT2D eigenvalue weighted by Gasteiger charge is 2.40. The van der Waals surface area contributed by atoms with Crippen molar-refractivity contribution in [3.05, 3.63) is 29.0 Å². The fourth-order valence-electron chi connectivity index (χ4n) is 2.38. The molecule has 1 fully saturated rings. The van der Waals surface area contributed by atoms with Crippen molar-refractivity contribution in [3.8, 4) is 0 Å². The van der Waals surface area contributed by atoms with E-state index in [1.807, 2.05) is 13.1 Å². The molecule has 6 nitrogen and oxygen atoms in total. The van der Waals surface area contributed by atoms with Gasteiger partial charge in [0, 0.05) is 37.7 Å². The first-order valence-electron chi connectivity index (χ1n) is 6.72. The molecule has 8 heteroatoms. The van der Waals surface area contributed by atoms with E-state index in [-0.39, 0.29) is 17.9 Å². The number of ether oxygens (including phenoxy) is 2. The summed E-state index contributed by atoms with van der Waals surface area (Å²) in [5, 5.41) is 0.424. The topological polar surface area (TPSA) is 83.2 Å². The van der Waals surface area contributed by atoms with Gasteiger partial charge in [0.15, 0.2) is 0 Å². The number of nitrogens with zero attached hydrogens (tertiary/aromatic N) is 2. The van der Waals surface area contributed by atoms with Gasteiger partial charge < -0.3 is 19.8 Å². The Morgan fingerprint density at radius 3 is 2.55 bits per heavy atom. The molecule has 0 spiro atoms. The van der Waals surface area contributed by atoms with Crippen LogP contribution in [-0.2, 0) is 15.1 Å². The van der Waals surface area contributed by atoms with Crippen LogP contribution in [0.15, 0.2) is 18.3 Å². The van der Waals surface area contributed by atoms with Gasteiger partial charge in [0.2, 0.25) is 0 Å². The molecule has 1 aromatic heterocycles. The monoisotopic (exact) mass is 352 g/mol. The summed E-state index contributed by atoms with van der Waals surface area (Å²) >= 11 is 5.82. The third-order valence-electron chi connectivity index (χ3n) is 3.59. The van der Waals surface area contributed by atoms with E-state index in [0.29, 0.717) is 24.6 Å². The van der Waals surface area contributed by atoms with Crippen molar-refractivity contribution in [3.63, 3.8) is 0 Å². The molecular weight excluding hydrogens is 331 g/mol. The van der Waals surface area contributed by atoms with Crippen molar-refractivity contribution in [2.24, 2.45) is 0 Å². The Balaban J connectivity index is 0.00000220. The minimum Gasteiger partial charge on any atom is -0.435 e. The number of carbonyl (C=O) groups is 1. The molecule has 0 aromatic carbocycles. The first-order chi connectivity index (χ1) is 9.55. The maximum atomic E-state index is 11.7. The van der Waals surface area contributed by atoms with Crippen LogP contribution in [0.2, 0.25) is 5.15 Å². The van der Waals surface area contributed by atoms with Crippen LogP contribution in [0.5, 0.6) is 0 Å². The second kappa shape index (κ2) is 9.15. The van der Waals surface area contributed by atoms with Gasteiger partial charge in [-0.15, -0.1) is 12.4 Å². The highest BCUT2D eigenvalue weighted by molar-refractivity contribution is 6.29. The molecule has 1 aromatic rings. The molecule has 2 rings (SSSR count). The van der Waals surface area contributed by atoms with Crippen LogP contribution in [0.1, 0.15) is 25.3 Å². The smallest absolute Gasteiger partial charge is 0.435 e. The van der Waals surface area contributed by atoms with Gasteiger partial charge in [-0.05, 0) is 20.0 Å². The lowest BCUT2D eigenvalue weighted by atomic mass is 9.85. The molecule has 0 saturated carbocycles. The van der Waals surface area contributed by atoms with E-state index < -0.39 is 11.8 Å². The Morgan fingerprint density at radius 1 is 1.41 bits per heavy atom. The first kappa shape index (κ1) is 20.9. The number of hydrogen-bond donors (Lipinski definition) is 0. The molecule has 2 N–H and O–H groups in total. The summed E-state index contributed by atoms with van der Waals surface area (Å²) in [5.41, 5.74) is 0.194. The van der Waals surface area contributed by atoms with E-state index in [0.717, 1.165) is 18.7 Å². The normalized spacial score (nSPS) is 16.9. The van der Waals surface area contributed by atoms with Crippen molar-refractivity contribution in [1.29, 1.82) is 0 Å². The Kier molecular flexibility index (Phi) is 8.70. The Bertz CT molecular complexity index is 462. The van der Waals surface area contributed by atoms with Gasteiger partial charge in [-0.2, -0.15) is 0 Å². The van der Waals surface area contributed by atoms with Gasteiger partial charge in [-0.1, -0.05) is 17.7 Å². The summed E-state index contributed by atoms with van der Waals surface area (Å²) < 4.78 is 10.5. The predicted octanol–water partition coefficient (Wildman–Crippen LogP) is 2.43. The predicted molar refractivity (Wildman–Crippen MR) is 86.6 cm³/mol. The van der Waals surface area contributed by atoms with E-state index in [1.54, 1.807) is 19.2 Å². The van der Waals surface area contributed by atoms with Crippen molar-refractivity contribution in [2.75, 3.05) is 26.7 Å². The van der Waals surface area contributed by atoms with Crippen LogP contribution in [-0.4, -0.2) is 48.3 Å². The molecule has 0 atom stereocenters. The zero-order valence-corrected chi connectivity index (χ0v) is 14.2. The summed E-state index contributed by atoms with van der Waals surface area (Å²) in [6.07, 6.45) is 2.47. The van der Waals surface area contributed by atoms with Crippen molar-refractivity contribution in [1.82, 2.24) is 9.88 Å². The maximum Gasteiger partial charge on any atom is 0.509 e. The number of piperidine rings is 1. The lowest BCUT2D eigenvalue weighted by Crippen LogP contribution is -2.44. The fraction of sp³-hybridized carbons (Fsp3) is 0.571. The number of carbonyl (C=O) groups excluding carboxylic acids is 1. The van der Waals surface area contributed by atoms with Gasteiger partial charge in [-0.25, -0.2) is 9.78 Å². The third kappa shape index (κ3) is 4.98. The van der Waals surface area contributed by atoms with Crippen LogP contribution >= 0.6 is 24.0 Å². The van der Waals surface area contributed by atoms with E-state index in [1.165, 1.54) is 0 Å². The summed E-state index contributed by atoms with van der Waals surface area (Å²) in [7, 11) is 2.05. The van der Waals surface area contributed by atoms with E-state index in [9.17, 15) is 4.79 Å². The molecule has 22 heavy (non-hydrogen) atoms. The quantitative estimate of drug-likeness (QED) is 0.616. The summed E-state index contributed by atoms with van der Waals surface area (Å²) in [6.45, 7) is 3.75. The van der Waals surface area contributed by atoms with Gasteiger partial charge in [0.05, 0.1) is 6.61 Å². The summed E-state index contributed by atoms with van der Waals surface area (Å²) in [6, 6.07) is 3.57. The minimum absolute atomic E-state index is 0. The van der Waals surface area contributed by atoms with Crippen LogP contribution < -0.4 is 0 Å². The molecule has 0 radical (unpaired) electrons. The molecule has 0 aliphatic carbocycles. The SMILES string of the molecule is CCOC(=O)OC1(c2ccc(Cl)nc2)CCN(C)CC1.Cl.O. The fourth-order valence-corrected chi connectivity index (χ4v) is 2.49. The molecule has 126 valence electrons. The second-order valence-electron chi connectivity index (χ2n) is 4.95. The Morgan fingerprint density at radius 2 is 2.05 bits per heavy atom. The van der Waals surface area contributed by atoms with Crippen LogP contribution in [0.4, 0.5) is 4.79 Å². The summed E-state index contributed by atoms with van der Waals surface area (Å²) in [5.74, 6) is 0. The van der Waals surface area contributed by atoms with Gasteiger partial charge in [0.1, 0.15) is 10.8 Å². The van der Waals surface area contributed by atoms with Crippen molar-refractivity contribution in [2.45, 2.75) is 25.4 Å². The zero-order chi connectivity index (χ0) is 14.6. The molecule has 0 bridgehead atoms. The molecule has 1 saturated heterocycles. The standard InChI is InChI=1S/C14H19ClN2O3.ClH.H2O/c1-3-19-13(18)20-14(6-8-17(2)9-7-14)11-4-5-12(15)16-10-11;;/h4-5,10H,3,6-9H2,1-2H3;1H;1H2. The Hall–Kier alpha value is -1.08. The zero-order valence-electron chi connectivity index (χ0n) is 12.7. The highest BCUT2D eigenvalue weighted by atomic mass is 35.5. The Labute approximate surface area is 141 Å². The number of rotatable bonds is 3. The second-order valence-corrected chi connectivity index (χ2v) is 5.34.